The van der Waals surface area contributed by atoms with Crippen LogP contribution >= 0.6 is 23.4 Å². The number of carbonyl (C=O) groups is 1. The minimum Gasteiger partial charge on any atom is -0.478 e. The van der Waals surface area contributed by atoms with Crippen LogP contribution in [0.25, 0.3) is 0 Å². The molecule has 0 aliphatic rings. The van der Waals surface area contributed by atoms with Crippen molar-refractivity contribution < 1.29 is 9.90 Å². The highest BCUT2D eigenvalue weighted by Crippen LogP contribution is 2.31. The molecule has 1 aromatic carbocycles. The first-order valence-corrected chi connectivity index (χ1v) is 5.97. The number of rotatable bonds is 3. The Morgan fingerprint density at radius 3 is 2.88 bits per heavy atom. The van der Waals surface area contributed by atoms with Gasteiger partial charge in [-0.25, -0.2) is 4.79 Å². The van der Waals surface area contributed by atoms with E-state index in [1.165, 1.54) is 18.0 Å². The molecule has 0 aliphatic heterocycles. The molecule has 1 N–H and O–H groups in total. The van der Waals surface area contributed by atoms with Gasteiger partial charge in [0.15, 0.2) is 0 Å². The summed E-state index contributed by atoms with van der Waals surface area (Å²) in [6.45, 7) is 0. The van der Waals surface area contributed by atoms with E-state index in [0.29, 0.717) is 9.92 Å². The van der Waals surface area contributed by atoms with Crippen LogP contribution in [0.15, 0.2) is 52.5 Å². The normalized spacial score (nSPS) is 10.2. The molecule has 3 nitrogen and oxygen atoms in total. The van der Waals surface area contributed by atoms with Gasteiger partial charge in [0, 0.05) is 27.2 Å². The highest BCUT2D eigenvalue weighted by atomic mass is 35.5. The van der Waals surface area contributed by atoms with Gasteiger partial charge >= 0.3 is 5.97 Å². The summed E-state index contributed by atoms with van der Waals surface area (Å²) in [7, 11) is 0. The Hall–Kier alpha value is -1.52. The van der Waals surface area contributed by atoms with Crippen molar-refractivity contribution in [1.29, 1.82) is 0 Å². The van der Waals surface area contributed by atoms with Crippen LogP contribution in [-0.4, -0.2) is 16.1 Å². The van der Waals surface area contributed by atoms with E-state index < -0.39 is 5.97 Å². The van der Waals surface area contributed by atoms with Crippen molar-refractivity contribution in [1.82, 2.24) is 4.98 Å². The molecular weight excluding hydrogens is 258 g/mol. The van der Waals surface area contributed by atoms with Gasteiger partial charge < -0.3 is 5.11 Å². The van der Waals surface area contributed by atoms with Crippen molar-refractivity contribution in [3.63, 3.8) is 0 Å². The van der Waals surface area contributed by atoms with Crippen molar-refractivity contribution in [3.8, 4) is 0 Å². The molecule has 0 saturated carbocycles. The van der Waals surface area contributed by atoms with Crippen LogP contribution in [0.2, 0.25) is 5.02 Å². The maximum atomic E-state index is 11.0. The van der Waals surface area contributed by atoms with Gasteiger partial charge in [0.05, 0.1) is 5.56 Å². The molecule has 0 radical (unpaired) electrons. The first-order chi connectivity index (χ1) is 8.16. The maximum absolute atomic E-state index is 11.0. The topological polar surface area (TPSA) is 50.2 Å². The smallest absolute Gasteiger partial charge is 0.338 e. The van der Waals surface area contributed by atoms with Crippen molar-refractivity contribution in [2.75, 3.05) is 0 Å². The van der Waals surface area contributed by atoms with Gasteiger partial charge in [0.25, 0.3) is 0 Å². The van der Waals surface area contributed by atoms with E-state index in [4.69, 9.17) is 16.7 Å². The van der Waals surface area contributed by atoms with Gasteiger partial charge in [-0.1, -0.05) is 29.4 Å². The molecule has 0 fully saturated rings. The lowest BCUT2D eigenvalue weighted by Gasteiger charge is -2.05. The number of carboxylic acid groups (broad SMARTS) is 1. The number of pyridine rings is 1. The molecule has 0 atom stereocenters. The van der Waals surface area contributed by atoms with E-state index in [2.05, 4.69) is 4.98 Å². The average Bonchev–Trinajstić information content (AvgIpc) is 2.29. The number of benzene rings is 1. The fraction of sp³-hybridized carbons (Fsp3) is 0. The molecule has 17 heavy (non-hydrogen) atoms. The first kappa shape index (κ1) is 12.0. The Morgan fingerprint density at radius 1 is 1.35 bits per heavy atom. The van der Waals surface area contributed by atoms with Gasteiger partial charge in [-0.05, 0) is 24.3 Å². The summed E-state index contributed by atoms with van der Waals surface area (Å²) in [4.78, 5) is 16.3. The maximum Gasteiger partial charge on any atom is 0.338 e. The molecule has 2 rings (SSSR count). The van der Waals surface area contributed by atoms with E-state index in [1.54, 1.807) is 24.4 Å². The minimum atomic E-state index is -0.984. The lowest BCUT2D eigenvalue weighted by molar-refractivity contribution is 0.0692. The van der Waals surface area contributed by atoms with Crippen LogP contribution in [0.5, 0.6) is 0 Å². The van der Waals surface area contributed by atoms with Crippen LogP contribution in [0.1, 0.15) is 10.4 Å². The Balaban J connectivity index is 2.33. The molecule has 1 heterocycles. The fourth-order valence-corrected chi connectivity index (χ4v) is 2.51. The number of hydrogen-bond acceptors (Lipinski definition) is 3. The van der Waals surface area contributed by atoms with E-state index in [0.717, 1.165) is 4.90 Å². The summed E-state index contributed by atoms with van der Waals surface area (Å²) < 4.78 is 0. The van der Waals surface area contributed by atoms with E-state index >= 15 is 0 Å². The van der Waals surface area contributed by atoms with Crippen molar-refractivity contribution >= 4 is 29.3 Å². The van der Waals surface area contributed by atoms with E-state index in [9.17, 15) is 4.79 Å². The molecule has 0 saturated heterocycles. The van der Waals surface area contributed by atoms with Crippen molar-refractivity contribution in [3.05, 3.63) is 53.3 Å². The minimum absolute atomic E-state index is 0.192. The molecule has 1 aromatic heterocycles. The summed E-state index contributed by atoms with van der Waals surface area (Å²) in [5.74, 6) is -0.984. The van der Waals surface area contributed by atoms with Crippen LogP contribution in [-0.2, 0) is 0 Å². The van der Waals surface area contributed by atoms with Crippen molar-refractivity contribution in [2.24, 2.45) is 0 Å². The molecule has 5 heteroatoms. The van der Waals surface area contributed by atoms with Gasteiger partial charge in [-0.3, -0.25) is 4.98 Å². The zero-order valence-electron chi connectivity index (χ0n) is 8.63. The lowest BCUT2D eigenvalue weighted by atomic mass is 10.3. The third-order valence-electron chi connectivity index (χ3n) is 2.04. The predicted octanol–water partition coefficient (Wildman–Crippen LogP) is 3.58. The Kier molecular flexibility index (Phi) is 3.66. The summed E-state index contributed by atoms with van der Waals surface area (Å²) in [5.41, 5.74) is 0.192. The summed E-state index contributed by atoms with van der Waals surface area (Å²) >= 11 is 7.22. The summed E-state index contributed by atoms with van der Waals surface area (Å²) in [6.07, 6.45) is 2.91. The van der Waals surface area contributed by atoms with Gasteiger partial charge in [0.1, 0.15) is 0 Å². The predicted molar refractivity (Wildman–Crippen MR) is 66.8 cm³/mol. The zero-order chi connectivity index (χ0) is 12.3. The highest BCUT2D eigenvalue weighted by molar-refractivity contribution is 7.99. The lowest BCUT2D eigenvalue weighted by Crippen LogP contribution is -1.99. The molecule has 2 aromatic rings. The number of aromatic carboxylic acids is 1. The third kappa shape index (κ3) is 2.99. The Labute approximate surface area is 107 Å². The van der Waals surface area contributed by atoms with Crippen LogP contribution in [0.4, 0.5) is 0 Å². The summed E-state index contributed by atoms with van der Waals surface area (Å²) in [6, 6.07) is 8.94. The standard InChI is InChI=1S/C12H8ClNO2S/c13-8-2-1-3-9(6-8)17-11-4-5-14-7-10(11)12(15)16/h1-7H,(H,15,16). The van der Waals surface area contributed by atoms with Crippen LogP contribution < -0.4 is 0 Å². The molecule has 0 unspecified atom stereocenters. The third-order valence-corrected chi connectivity index (χ3v) is 3.34. The second kappa shape index (κ2) is 5.21. The number of halogens is 1. The zero-order valence-corrected chi connectivity index (χ0v) is 10.2. The SMILES string of the molecule is O=C(O)c1cnccc1Sc1cccc(Cl)c1. The fourth-order valence-electron chi connectivity index (χ4n) is 1.29. The second-order valence-electron chi connectivity index (χ2n) is 3.24. The van der Waals surface area contributed by atoms with Gasteiger partial charge in [-0.15, -0.1) is 0 Å². The van der Waals surface area contributed by atoms with Crippen molar-refractivity contribution in [2.45, 2.75) is 9.79 Å². The van der Waals surface area contributed by atoms with Gasteiger partial charge in [0.2, 0.25) is 0 Å². The largest absolute Gasteiger partial charge is 0.478 e. The Bertz CT molecular complexity index is 560. The summed E-state index contributed by atoms with van der Waals surface area (Å²) in [5, 5.41) is 9.64. The quantitative estimate of drug-likeness (QED) is 0.921. The van der Waals surface area contributed by atoms with E-state index in [1.807, 2.05) is 12.1 Å². The molecule has 0 aliphatic carbocycles. The number of carboxylic acids is 1. The Morgan fingerprint density at radius 2 is 2.18 bits per heavy atom. The molecule has 0 bridgehead atoms. The molecular formula is C12H8ClNO2S. The number of nitrogens with zero attached hydrogens (tertiary/aromatic N) is 1. The highest BCUT2D eigenvalue weighted by Gasteiger charge is 2.10. The number of hydrogen-bond donors (Lipinski definition) is 1. The monoisotopic (exact) mass is 265 g/mol. The van der Waals surface area contributed by atoms with Gasteiger partial charge in [-0.2, -0.15) is 0 Å². The first-order valence-electron chi connectivity index (χ1n) is 4.77. The van der Waals surface area contributed by atoms with Crippen LogP contribution in [0.3, 0.4) is 0 Å². The second-order valence-corrected chi connectivity index (χ2v) is 4.79. The molecule has 86 valence electrons. The van der Waals surface area contributed by atoms with E-state index in [-0.39, 0.29) is 5.56 Å². The molecule has 0 amide bonds. The number of aromatic nitrogens is 1. The molecule has 0 spiro atoms. The van der Waals surface area contributed by atoms with Crippen LogP contribution in [0, 0.1) is 0 Å². The average molecular weight is 266 g/mol.